The lowest BCUT2D eigenvalue weighted by Crippen LogP contribution is -2.59. The Morgan fingerprint density at radius 3 is 2.12 bits per heavy atom. The van der Waals surface area contributed by atoms with Crippen LogP contribution in [0.5, 0.6) is 0 Å². The highest BCUT2D eigenvalue weighted by atomic mass is 32.2. The van der Waals surface area contributed by atoms with Crippen molar-refractivity contribution in [2.75, 3.05) is 13.1 Å². The molecule has 0 radical (unpaired) electrons. The summed E-state index contributed by atoms with van der Waals surface area (Å²) in [5, 5.41) is 0. The van der Waals surface area contributed by atoms with Gasteiger partial charge in [-0.1, -0.05) is 0 Å². The summed E-state index contributed by atoms with van der Waals surface area (Å²) in [6.45, 7) is 8.70. The van der Waals surface area contributed by atoms with E-state index in [9.17, 15) is 22.0 Å². The Hall–Kier alpha value is -1.74. The van der Waals surface area contributed by atoms with Crippen LogP contribution in [0.15, 0.2) is 23.1 Å². The van der Waals surface area contributed by atoms with E-state index in [0.29, 0.717) is 6.07 Å². The summed E-state index contributed by atoms with van der Waals surface area (Å²) < 4.78 is 59.0. The molecule has 1 aromatic carbocycles. The van der Waals surface area contributed by atoms with Crippen molar-refractivity contribution in [3.8, 4) is 0 Å². The maximum Gasteiger partial charge on any atom is 0.410 e. The number of nitrogens with zero attached hydrogens (tertiary/aromatic N) is 2. The molecule has 1 heterocycles. The highest BCUT2D eigenvalue weighted by Crippen LogP contribution is 2.26. The molecule has 0 bridgehead atoms. The summed E-state index contributed by atoms with van der Waals surface area (Å²) in [5.74, 6) is -1.92. The van der Waals surface area contributed by atoms with E-state index in [1.54, 1.807) is 34.6 Å². The molecule has 9 heteroatoms. The van der Waals surface area contributed by atoms with E-state index in [2.05, 4.69) is 0 Å². The molecule has 0 aromatic heterocycles. The minimum absolute atomic E-state index is 0.000868. The molecule has 0 N–H and O–H groups in total. The molecule has 1 aliphatic rings. The fourth-order valence-electron chi connectivity index (χ4n) is 2.82. The second-order valence-corrected chi connectivity index (χ2v) is 9.40. The molecule has 2 rings (SSSR count). The molecule has 1 fully saturated rings. The van der Waals surface area contributed by atoms with Crippen LogP contribution in [-0.2, 0) is 14.8 Å². The van der Waals surface area contributed by atoms with Crippen molar-refractivity contribution in [2.24, 2.45) is 0 Å². The van der Waals surface area contributed by atoms with Gasteiger partial charge in [0.15, 0.2) is 0 Å². The molecule has 0 saturated carbocycles. The highest BCUT2D eigenvalue weighted by Gasteiger charge is 2.40. The number of hydrogen-bond acceptors (Lipinski definition) is 4. The van der Waals surface area contributed by atoms with Gasteiger partial charge in [0.25, 0.3) is 0 Å². The molecule has 2 atom stereocenters. The summed E-state index contributed by atoms with van der Waals surface area (Å²) in [4.78, 5) is 13.3. The molecular weight excluding hydrogens is 366 g/mol. The molecule has 0 aliphatic carbocycles. The summed E-state index contributed by atoms with van der Waals surface area (Å²) >= 11 is 0. The zero-order valence-electron chi connectivity index (χ0n) is 15.5. The largest absolute Gasteiger partial charge is 0.444 e. The average Bonchev–Trinajstić information content (AvgIpc) is 2.46. The first kappa shape index (κ1) is 20.6. The van der Waals surface area contributed by atoms with E-state index >= 15 is 0 Å². The van der Waals surface area contributed by atoms with Crippen LogP contribution in [0.4, 0.5) is 13.6 Å². The molecule has 26 heavy (non-hydrogen) atoms. The minimum atomic E-state index is -4.10. The second-order valence-electron chi connectivity index (χ2n) is 7.51. The monoisotopic (exact) mass is 390 g/mol. The maximum atomic E-state index is 13.4. The molecule has 1 saturated heterocycles. The van der Waals surface area contributed by atoms with Gasteiger partial charge in [-0.15, -0.1) is 0 Å². The fourth-order valence-corrected chi connectivity index (χ4v) is 4.56. The Morgan fingerprint density at radius 2 is 1.62 bits per heavy atom. The van der Waals surface area contributed by atoms with E-state index in [1.807, 2.05) is 0 Å². The lowest BCUT2D eigenvalue weighted by atomic mass is 10.1. The molecule has 1 aliphatic heterocycles. The highest BCUT2D eigenvalue weighted by molar-refractivity contribution is 7.89. The number of carbonyl (C=O) groups is 1. The van der Waals surface area contributed by atoms with Crippen LogP contribution in [0, 0.1) is 11.6 Å². The molecule has 6 nitrogen and oxygen atoms in total. The first-order chi connectivity index (χ1) is 11.8. The number of piperazine rings is 1. The maximum absolute atomic E-state index is 13.4. The number of ether oxygens (including phenoxy) is 1. The molecule has 146 valence electrons. The van der Waals surface area contributed by atoms with Crippen molar-refractivity contribution in [2.45, 2.75) is 57.2 Å². The number of sulfonamides is 1. The minimum Gasteiger partial charge on any atom is -0.444 e. The fraction of sp³-hybridized carbons (Fsp3) is 0.588. The van der Waals surface area contributed by atoms with Crippen molar-refractivity contribution >= 4 is 16.1 Å². The predicted molar refractivity (Wildman–Crippen MR) is 92.1 cm³/mol. The van der Waals surface area contributed by atoms with Gasteiger partial charge in [0.1, 0.15) is 17.2 Å². The van der Waals surface area contributed by atoms with Gasteiger partial charge >= 0.3 is 6.09 Å². The van der Waals surface area contributed by atoms with Gasteiger partial charge < -0.3 is 9.64 Å². The van der Waals surface area contributed by atoms with Crippen LogP contribution in [-0.4, -0.2) is 54.5 Å². The van der Waals surface area contributed by atoms with Crippen molar-refractivity contribution in [3.05, 3.63) is 29.8 Å². The number of benzene rings is 1. The number of carbonyl (C=O) groups excluding carboxylic acids is 1. The van der Waals surface area contributed by atoms with Gasteiger partial charge in [0, 0.05) is 31.2 Å². The SMILES string of the molecule is C[C@@H]1CN(C(=O)OC(C)(C)C)[C@@H](C)CN1S(=O)(=O)c1cc(F)cc(F)c1. The third kappa shape index (κ3) is 4.50. The topological polar surface area (TPSA) is 66.9 Å². The molecule has 0 spiro atoms. The van der Waals surface area contributed by atoms with Crippen molar-refractivity contribution in [1.29, 1.82) is 0 Å². The van der Waals surface area contributed by atoms with E-state index in [1.165, 1.54) is 4.90 Å². The third-order valence-electron chi connectivity index (χ3n) is 4.00. The Morgan fingerprint density at radius 1 is 1.08 bits per heavy atom. The predicted octanol–water partition coefficient (Wildman–Crippen LogP) is 2.98. The summed E-state index contributed by atoms with van der Waals surface area (Å²) in [6, 6.07) is 1.17. The zero-order chi connectivity index (χ0) is 19.9. The van der Waals surface area contributed by atoms with Crippen LogP contribution in [0.3, 0.4) is 0 Å². The van der Waals surface area contributed by atoms with Crippen molar-refractivity contribution in [3.63, 3.8) is 0 Å². The normalized spacial score (nSPS) is 22.3. The zero-order valence-corrected chi connectivity index (χ0v) is 16.3. The van der Waals surface area contributed by atoms with Gasteiger partial charge in [0.05, 0.1) is 4.90 Å². The molecular formula is C17H24F2N2O4S. The van der Waals surface area contributed by atoms with Crippen LogP contribution < -0.4 is 0 Å². The van der Waals surface area contributed by atoms with Crippen molar-refractivity contribution in [1.82, 2.24) is 9.21 Å². The quantitative estimate of drug-likeness (QED) is 0.779. The third-order valence-corrected chi connectivity index (χ3v) is 5.96. The van der Waals surface area contributed by atoms with Gasteiger partial charge in [-0.25, -0.2) is 22.0 Å². The van der Waals surface area contributed by atoms with E-state index in [4.69, 9.17) is 4.74 Å². The Balaban J connectivity index is 2.24. The standard InChI is InChI=1S/C17H24F2N2O4S/c1-11-10-21(12(2)9-20(11)16(22)25-17(3,4)5)26(23,24)15-7-13(18)6-14(19)8-15/h6-8,11-12H,9-10H2,1-5H3/t11-,12+/m0/s1. The Kier molecular flexibility index (Phi) is 5.63. The van der Waals surface area contributed by atoms with Gasteiger partial charge in [-0.2, -0.15) is 4.31 Å². The summed E-state index contributed by atoms with van der Waals surface area (Å²) in [6.07, 6.45) is -0.523. The molecule has 1 amide bonds. The van der Waals surface area contributed by atoms with Crippen LogP contribution in [0.2, 0.25) is 0 Å². The Labute approximate surface area is 152 Å². The average molecular weight is 390 g/mol. The van der Waals surface area contributed by atoms with Gasteiger partial charge in [-0.3, -0.25) is 0 Å². The smallest absolute Gasteiger partial charge is 0.410 e. The van der Waals surface area contributed by atoms with E-state index in [-0.39, 0.29) is 13.1 Å². The number of amides is 1. The van der Waals surface area contributed by atoms with Crippen LogP contribution in [0.1, 0.15) is 34.6 Å². The first-order valence-corrected chi connectivity index (χ1v) is 9.73. The lowest BCUT2D eigenvalue weighted by Gasteiger charge is -2.43. The molecule has 0 unspecified atom stereocenters. The first-order valence-electron chi connectivity index (χ1n) is 8.29. The summed E-state index contributed by atoms with van der Waals surface area (Å²) in [5.41, 5.74) is -0.664. The number of halogens is 2. The van der Waals surface area contributed by atoms with Crippen LogP contribution in [0.25, 0.3) is 0 Å². The van der Waals surface area contributed by atoms with Crippen LogP contribution >= 0.6 is 0 Å². The Bertz CT molecular complexity index is 772. The second kappa shape index (κ2) is 7.11. The van der Waals surface area contributed by atoms with Crippen molar-refractivity contribution < 1.29 is 26.7 Å². The number of hydrogen-bond donors (Lipinski definition) is 0. The van der Waals surface area contributed by atoms with E-state index in [0.717, 1.165) is 16.4 Å². The van der Waals surface area contributed by atoms with Gasteiger partial charge in [-0.05, 0) is 46.8 Å². The van der Waals surface area contributed by atoms with E-state index < -0.39 is 50.3 Å². The lowest BCUT2D eigenvalue weighted by molar-refractivity contribution is 0.00190. The van der Waals surface area contributed by atoms with Gasteiger partial charge in [0.2, 0.25) is 10.0 Å². The molecule has 1 aromatic rings. The number of rotatable bonds is 2. The summed E-state index contributed by atoms with van der Waals surface area (Å²) in [7, 11) is -4.10.